The fourth-order valence-electron chi connectivity index (χ4n) is 2.35. The van der Waals surface area contributed by atoms with E-state index in [1.807, 2.05) is 6.07 Å². The minimum absolute atomic E-state index is 0.138. The van der Waals surface area contributed by atoms with Gasteiger partial charge < -0.3 is 10.1 Å². The predicted molar refractivity (Wildman–Crippen MR) is 76.1 cm³/mol. The lowest BCUT2D eigenvalue weighted by molar-refractivity contribution is 0.0641. The molecule has 1 fully saturated rings. The first-order valence-electron chi connectivity index (χ1n) is 6.69. The first-order chi connectivity index (χ1) is 8.74. The molecule has 1 saturated heterocycles. The van der Waals surface area contributed by atoms with Gasteiger partial charge in [0.05, 0.1) is 5.54 Å². The Balaban J connectivity index is 1.95. The van der Waals surface area contributed by atoms with E-state index in [1.54, 1.807) is 0 Å². The second-order valence-electron chi connectivity index (χ2n) is 5.27. The Hall–Kier alpha value is -0.570. The summed E-state index contributed by atoms with van der Waals surface area (Å²) in [4.78, 5) is 0. The Kier molecular flexibility index (Phi) is 5.04. The third kappa shape index (κ3) is 3.47. The normalized spacial score (nSPS) is 20.6. The van der Waals surface area contributed by atoms with Gasteiger partial charge in [-0.15, -0.1) is 11.6 Å². The fourth-order valence-corrected chi connectivity index (χ4v) is 2.60. The van der Waals surface area contributed by atoms with Gasteiger partial charge in [0.25, 0.3) is 0 Å². The molecular formula is C15H22ClNO. The molecule has 0 spiro atoms. The number of hydrogen-bond acceptors (Lipinski definition) is 2. The van der Waals surface area contributed by atoms with Gasteiger partial charge in [-0.25, -0.2) is 0 Å². The molecule has 1 atom stereocenters. The average Bonchev–Trinajstić information content (AvgIpc) is 2.47. The quantitative estimate of drug-likeness (QED) is 0.828. The molecule has 100 valence electrons. The zero-order chi connectivity index (χ0) is 12.8. The van der Waals surface area contributed by atoms with Crippen LogP contribution in [0.2, 0.25) is 0 Å². The van der Waals surface area contributed by atoms with E-state index in [0.717, 1.165) is 32.6 Å². The fraction of sp³-hybridized carbons (Fsp3) is 0.600. The molecule has 1 unspecified atom stereocenters. The van der Waals surface area contributed by atoms with Crippen molar-refractivity contribution in [2.45, 2.75) is 25.3 Å². The van der Waals surface area contributed by atoms with Gasteiger partial charge in [0, 0.05) is 19.1 Å². The molecule has 1 aliphatic rings. The molecule has 1 aromatic carbocycles. The molecule has 2 nitrogen and oxygen atoms in total. The summed E-state index contributed by atoms with van der Waals surface area (Å²) in [5, 5.41) is 3.64. The average molecular weight is 268 g/mol. The molecular weight excluding hydrogens is 246 g/mol. The molecule has 0 aliphatic carbocycles. The van der Waals surface area contributed by atoms with Crippen LogP contribution in [0.25, 0.3) is 0 Å². The molecule has 0 amide bonds. The van der Waals surface area contributed by atoms with Crippen LogP contribution in [0.15, 0.2) is 30.3 Å². The number of alkyl halides is 1. The summed E-state index contributed by atoms with van der Waals surface area (Å²) in [6.07, 6.45) is 2.31. The van der Waals surface area contributed by atoms with E-state index in [9.17, 15) is 0 Å². The molecule has 0 bridgehead atoms. The summed E-state index contributed by atoms with van der Waals surface area (Å²) in [6.45, 7) is 4.99. The van der Waals surface area contributed by atoms with Gasteiger partial charge in [0.2, 0.25) is 0 Å². The van der Waals surface area contributed by atoms with Crippen LogP contribution in [0.3, 0.4) is 0 Å². The van der Waals surface area contributed by atoms with Crippen molar-refractivity contribution in [2.24, 2.45) is 5.92 Å². The maximum Gasteiger partial charge on any atom is 0.0543 e. The summed E-state index contributed by atoms with van der Waals surface area (Å²) in [6, 6.07) is 10.4. The molecule has 1 N–H and O–H groups in total. The molecule has 18 heavy (non-hydrogen) atoms. The third-order valence-electron chi connectivity index (χ3n) is 3.80. The second kappa shape index (κ2) is 6.55. The largest absolute Gasteiger partial charge is 0.381 e. The van der Waals surface area contributed by atoms with Crippen molar-refractivity contribution in [1.82, 2.24) is 5.32 Å². The highest BCUT2D eigenvalue weighted by molar-refractivity contribution is 6.18. The molecule has 0 aromatic heterocycles. The number of nitrogens with one attached hydrogen (secondary N) is 1. The van der Waals surface area contributed by atoms with E-state index < -0.39 is 0 Å². The third-order valence-corrected chi connectivity index (χ3v) is 4.33. The standard InChI is InChI=1S/C15H22ClNO/c1-15(12-16,14-5-3-2-4-6-14)17-11-13-7-9-18-10-8-13/h2-6,13,17H,7-12H2,1H3. The molecule has 0 radical (unpaired) electrons. The van der Waals surface area contributed by atoms with Crippen molar-refractivity contribution in [2.75, 3.05) is 25.6 Å². The Morgan fingerprint density at radius 3 is 2.56 bits per heavy atom. The van der Waals surface area contributed by atoms with Crippen molar-refractivity contribution in [3.05, 3.63) is 35.9 Å². The summed E-state index contributed by atoms with van der Waals surface area (Å²) in [7, 11) is 0. The smallest absolute Gasteiger partial charge is 0.0543 e. The van der Waals surface area contributed by atoms with Gasteiger partial charge in [-0.2, -0.15) is 0 Å². The maximum atomic E-state index is 6.17. The minimum atomic E-state index is -0.138. The van der Waals surface area contributed by atoms with Crippen molar-refractivity contribution in [3.8, 4) is 0 Å². The van der Waals surface area contributed by atoms with Crippen molar-refractivity contribution in [1.29, 1.82) is 0 Å². The van der Waals surface area contributed by atoms with Crippen molar-refractivity contribution >= 4 is 11.6 Å². The van der Waals surface area contributed by atoms with Gasteiger partial charge >= 0.3 is 0 Å². The number of benzene rings is 1. The molecule has 1 heterocycles. The van der Waals surface area contributed by atoms with Gasteiger partial charge in [-0.1, -0.05) is 30.3 Å². The minimum Gasteiger partial charge on any atom is -0.381 e. The lowest BCUT2D eigenvalue weighted by Gasteiger charge is -2.32. The highest BCUT2D eigenvalue weighted by Crippen LogP contribution is 2.23. The van der Waals surface area contributed by atoms with Crippen molar-refractivity contribution in [3.63, 3.8) is 0 Å². The Morgan fingerprint density at radius 1 is 1.28 bits per heavy atom. The summed E-state index contributed by atoms with van der Waals surface area (Å²) in [5.74, 6) is 1.30. The lowest BCUT2D eigenvalue weighted by atomic mass is 9.92. The van der Waals surface area contributed by atoms with Crippen LogP contribution in [-0.2, 0) is 10.3 Å². The van der Waals surface area contributed by atoms with Crippen LogP contribution in [-0.4, -0.2) is 25.6 Å². The number of rotatable bonds is 5. The topological polar surface area (TPSA) is 21.3 Å². The van der Waals surface area contributed by atoms with Crippen LogP contribution in [0, 0.1) is 5.92 Å². The first kappa shape index (κ1) is 13.9. The first-order valence-corrected chi connectivity index (χ1v) is 7.22. The summed E-state index contributed by atoms with van der Waals surface area (Å²) < 4.78 is 5.39. The van der Waals surface area contributed by atoms with Crippen molar-refractivity contribution < 1.29 is 4.74 Å². The Bertz CT molecular complexity index is 351. The summed E-state index contributed by atoms with van der Waals surface area (Å²) in [5.41, 5.74) is 1.12. The monoisotopic (exact) mass is 267 g/mol. The highest BCUT2D eigenvalue weighted by atomic mass is 35.5. The van der Waals surface area contributed by atoms with Gasteiger partial charge in [0.15, 0.2) is 0 Å². The lowest BCUT2D eigenvalue weighted by Crippen LogP contribution is -2.44. The van der Waals surface area contributed by atoms with Crippen LogP contribution >= 0.6 is 11.6 Å². The molecule has 1 aliphatic heterocycles. The predicted octanol–water partition coefficient (Wildman–Crippen LogP) is 3.16. The number of halogens is 1. The van der Waals surface area contributed by atoms with E-state index in [0.29, 0.717) is 11.8 Å². The van der Waals surface area contributed by atoms with Crippen LogP contribution < -0.4 is 5.32 Å². The zero-order valence-corrected chi connectivity index (χ0v) is 11.7. The van der Waals surface area contributed by atoms with Gasteiger partial charge in [-0.3, -0.25) is 0 Å². The number of hydrogen-bond donors (Lipinski definition) is 1. The van der Waals surface area contributed by atoms with E-state index >= 15 is 0 Å². The Morgan fingerprint density at radius 2 is 1.94 bits per heavy atom. The SMILES string of the molecule is CC(CCl)(NCC1CCOCC1)c1ccccc1. The molecule has 0 saturated carbocycles. The van der Waals surface area contributed by atoms with Gasteiger partial charge in [-0.05, 0) is 37.8 Å². The van der Waals surface area contributed by atoms with Crippen LogP contribution in [0.5, 0.6) is 0 Å². The highest BCUT2D eigenvalue weighted by Gasteiger charge is 2.26. The Labute approximate surface area is 115 Å². The van der Waals surface area contributed by atoms with Crippen LogP contribution in [0.4, 0.5) is 0 Å². The second-order valence-corrected chi connectivity index (χ2v) is 5.54. The van der Waals surface area contributed by atoms with E-state index in [1.165, 1.54) is 5.56 Å². The summed E-state index contributed by atoms with van der Waals surface area (Å²) >= 11 is 6.17. The van der Waals surface area contributed by atoms with Crippen LogP contribution in [0.1, 0.15) is 25.3 Å². The number of ether oxygens (including phenoxy) is 1. The van der Waals surface area contributed by atoms with E-state index in [2.05, 4.69) is 36.5 Å². The zero-order valence-electron chi connectivity index (χ0n) is 11.0. The molecule has 2 rings (SSSR count). The van der Waals surface area contributed by atoms with Gasteiger partial charge in [0.1, 0.15) is 0 Å². The molecule has 1 aromatic rings. The maximum absolute atomic E-state index is 6.17. The van der Waals surface area contributed by atoms with E-state index in [4.69, 9.17) is 16.3 Å². The van der Waals surface area contributed by atoms with E-state index in [-0.39, 0.29) is 5.54 Å². The molecule has 3 heteroatoms.